The van der Waals surface area contributed by atoms with Gasteiger partial charge in [0.05, 0.1) is 11.5 Å². The number of nitro groups is 1. The first-order valence-electron chi connectivity index (χ1n) is 3.81. The Bertz CT molecular complexity index is 297. The van der Waals surface area contributed by atoms with Crippen LogP contribution in [0.5, 0.6) is 0 Å². The molecule has 0 saturated heterocycles. The van der Waals surface area contributed by atoms with Gasteiger partial charge in [0.15, 0.2) is 6.79 Å². The molecular weight excluding hydrogens is 190 g/mol. The lowest BCUT2D eigenvalue weighted by atomic mass is 10.2. The van der Waals surface area contributed by atoms with Crippen molar-refractivity contribution in [2.45, 2.75) is 6.61 Å². The van der Waals surface area contributed by atoms with Crippen LogP contribution in [0.25, 0.3) is 0 Å². The highest BCUT2D eigenvalue weighted by molar-refractivity contribution is 5.32. The van der Waals surface area contributed by atoms with Crippen molar-refractivity contribution >= 4 is 5.69 Å². The predicted molar refractivity (Wildman–Crippen MR) is 46.5 cm³/mol. The molecule has 1 rings (SSSR count). The molecule has 0 aromatic heterocycles. The molecule has 0 bridgehead atoms. The van der Waals surface area contributed by atoms with Crippen molar-refractivity contribution in [3.63, 3.8) is 0 Å². The van der Waals surface area contributed by atoms with E-state index in [0.29, 0.717) is 0 Å². The molecule has 0 amide bonds. The summed E-state index contributed by atoms with van der Waals surface area (Å²) in [6.07, 6.45) is 0. The second-order valence-corrected chi connectivity index (χ2v) is 2.52. The summed E-state index contributed by atoms with van der Waals surface area (Å²) in [5.41, 5.74) is 0.805. The van der Waals surface area contributed by atoms with Gasteiger partial charge in [-0.3, -0.25) is 10.1 Å². The van der Waals surface area contributed by atoms with Crippen LogP contribution in [0.1, 0.15) is 5.56 Å². The molecule has 0 spiro atoms. The molecule has 0 fully saturated rings. The summed E-state index contributed by atoms with van der Waals surface area (Å²) in [7, 11) is 0. The van der Waals surface area contributed by atoms with E-state index in [9.17, 15) is 10.1 Å². The molecule has 0 heterocycles. The minimum absolute atomic E-state index is 0.0344. The summed E-state index contributed by atoms with van der Waals surface area (Å²) in [6.45, 7) is 0.00947. The van der Waals surface area contributed by atoms with E-state index in [1.807, 2.05) is 0 Å². The van der Waals surface area contributed by atoms with Gasteiger partial charge in [0.25, 0.3) is 5.69 Å². The number of ether oxygens (including phenoxy) is 1. The van der Waals surface area contributed by atoms with Gasteiger partial charge in [0.2, 0.25) is 0 Å². The molecule has 1 aromatic rings. The normalized spacial score (nSPS) is 10.1. The fourth-order valence-electron chi connectivity index (χ4n) is 0.911. The number of hydrogen-bond donors (Lipinski definition) is 1. The van der Waals surface area contributed by atoms with Crippen molar-refractivity contribution < 1.29 is 19.8 Å². The van der Waals surface area contributed by atoms with Crippen LogP contribution in [-0.2, 0) is 16.2 Å². The van der Waals surface area contributed by atoms with Crippen molar-refractivity contribution in [2.75, 3.05) is 6.79 Å². The summed E-state index contributed by atoms with van der Waals surface area (Å²) in [5, 5.41) is 18.2. The van der Waals surface area contributed by atoms with Gasteiger partial charge in [-0.25, -0.2) is 10.1 Å². The Kier molecular flexibility index (Phi) is 3.99. The van der Waals surface area contributed by atoms with E-state index in [0.717, 1.165) is 5.56 Å². The zero-order chi connectivity index (χ0) is 10.4. The molecule has 0 radical (unpaired) electrons. The smallest absolute Gasteiger partial charge is 0.269 e. The van der Waals surface area contributed by atoms with Gasteiger partial charge in [-0.1, -0.05) is 0 Å². The number of hydrogen-bond acceptors (Lipinski definition) is 5. The van der Waals surface area contributed by atoms with E-state index in [4.69, 9.17) is 9.99 Å². The third-order valence-corrected chi connectivity index (χ3v) is 1.55. The first-order valence-corrected chi connectivity index (χ1v) is 3.81. The molecule has 0 saturated carbocycles. The molecule has 6 nitrogen and oxygen atoms in total. The first-order chi connectivity index (χ1) is 6.74. The Balaban J connectivity index is 2.51. The SMILES string of the molecule is O=[N+]([O-])c1ccc(COCOO)cc1. The number of nitro benzene ring substituents is 1. The van der Waals surface area contributed by atoms with E-state index in [-0.39, 0.29) is 19.1 Å². The topological polar surface area (TPSA) is 81.8 Å². The van der Waals surface area contributed by atoms with Gasteiger partial charge >= 0.3 is 0 Å². The highest BCUT2D eigenvalue weighted by Crippen LogP contribution is 2.12. The van der Waals surface area contributed by atoms with Crippen molar-refractivity contribution in [3.05, 3.63) is 39.9 Å². The molecule has 14 heavy (non-hydrogen) atoms. The Morgan fingerprint density at radius 2 is 2.00 bits per heavy atom. The molecule has 0 aliphatic carbocycles. The monoisotopic (exact) mass is 199 g/mol. The fraction of sp³-hybridized carbons (Fsp3) is 0.250. The zero-order valence-electron chi connectivity index (χ0n) is 7.25. The zero-order valence-corrected chi connectivity index (χ0v) is 7.25. The molecule has 1 aromatic carbocycles. The van der Waals surface area contributed by atoms with Crippen LogP contribution in [-0.4, -0.2) is 17.0 Å². The highest BCUT2D eigenvalue weighted by Gasteiger charge is 2.03. The number of nitrogens with zero attached hydrogens (tertiary/aromatic N) is 1. The Morgan fingerprint density at radius 1 is 1.36 bits per heavy atom. The number of non-ortho nitro benzene ring substituents is 1. The van der Waals surface area contributed by atoms with E-state index in [2.05, 4.69) is 4.89 Å². The molecule has 0 atom stereocenters. The lowest BCUT2D eigenvalue weighted by Crippen LogP contribution is -1.97. The van der Waals surface area contributed by atoms with Gasteiger partial charge in [-0.05, 0) is 17.7 Å². The van der Waals surface area contributed by atoms with Gasteiger partial charge < -0.3 is 4.74 Å². The maximum Gasteiger partial charge on any atom is 0.269 e. The first kappa shape index (κ1) is 10.6. The van der Waals surface area contributed by atoms with Gasteiger partial charge in [-0.2, -0.15) is 0 Å². The second kappa shape index (κ2) is 5.28. The summed E-state index contributed by atoms with van der Waals surface area (Å²) < 4.78 is 4.83. The maximum atomic E-state index is 10.3. The maximum absolute atomic E-state index is 10.3. The van der Waals surface area contributed by atoms with Gasteiger partial charge in [0, 0.05) is 12.1 Å². The van der Waals surface area contributed by atoms with Crippen molar-refractivity contribution in [1.82, 2.24) is 0 Å². The number of rotatable bonds is 5. The minimum Gasteiger partial charge on any atom is -0.348 e. The Labute approximate surface area is 79.8 Å². The van der Waals surface area contributed by atoms with Gasteiger partial charge in [-0.15, -0.1) is 0 Å². The largest absolute Gasteiger partial charge is 0.348 e. The van der Waals surface area contributed by atoms with Crippen LogP contribution in [0.4, 0.5) is 5.69 Å². The van der Waals surface area contributed by atoms with Crippen molar-refractivity contribution in [1.29, 1.82) is 0 Å². The van der Waals surface area contributed by atoms with Crippen LogP contribution >= 0.6 is 0 Å². The van der Waals surface area contributed by atoms with Crippen LogP contribution in [0.3, 0.4) is 0 Å². The molecule has 0 aliphatic heterocycles. The third-order valence-electron chi connectivity index (χ3n) is 1.55. The summed E-state index contributed by atoms with van der Waals surface area (Å²) in [5.74, 6) is 0. The molecular formula is C8H9NO5. The van der Waals surface area contributed by atoms with E-state index in [1.54, 1.807) is 12.1 Å². The summed E-state index contributed by atoms with van der Waals surface area (Å²) in [4.78, 5) is 13.5. The lowest BCUT2D eigenvalue weighted by molar-refractivity contribution is -0.384. The second-order valence-electron chi connectivity index (χ2n) is 2.52. The average molecular weight is 199 g/mol. The van der Waals surface area contributed by atoms with Crippen molar-refractivity contribution in [3.8, 4) is 0 Å². The average Bonchev–Trinajstić information content (AvgIpc) is 2.19. The summed E-state index contributed by atoms with van der Waals surface area (Å²) >= 11 is 0. The Hall–Kier alpha value is -1.50. The molecule has 0 unspecified atom stereocenters. The highest BCUT2D eigenvalue weighted by atomic mass is 17.1. The van der Waals surface area contributed by atoms with Crippen LogP contribution in [0.15, 0.2) is 24.3 Å². The predicted octanol–water partition coefficient (Wildman–Crippen LogP) is 1.56. The van der Waals surface area contributed by atoms with Gasteiger partial charge in [0.1, 0.15) is 0 Å². The molecule has 76 valence electrons. The fourth-order valence-corrected chi connectivity index (χ4v) is 0.911. The van der Waals surface area contributed by atoms with E-state index in [1.165, 1.54) is 12.1 Å². The Morgan fingerprint density at radius 3 is 2.50 bits per heavy atom. The third kappa shape index (κ3) is 3.09. The lowest BCUT2D eigenvalue weighted by Gasteiger charge is -2.00. The molecule has 1 N–H and O–H groups in total. The molecule has 0 aliphatic rings. The van der Waals surface area contributed by atoms with Crippen LogP contribution in [0, 0.1) is 10.1 Å². The minimum atomic E-state index is -0.471. The quantitative estimate of drug-likeness (QED) is 0.256. The standard InChI is InChI=1S/C8H9NO5/c10-9(11)8-3-1-7(2-4-8)5-13-6-14-12/h1-4,12H,5-6H2. The van der Waals surface area contributed by atoms with Crippen LogP contribution in [0.2, 0.25) is 0 Å². The number of benzene rings is 1. The van der Waals surface area contributed by atoms with E-state index < -0.39 is 4.92 Å². The summed E-state index contributed by atoms with van der Waals surface area (Å²) in [6, 6.07) is 5.93. The van der Waals surface area contributed by atoms with Crippen LogP contribution < -0.4 is 0 Å². The van der Waals surface area contributed by atoms with Crippen molar-refractivity contribution in [2.24, 2.45) is 0 Å². The molecule has 6 heteroatoms. The van der Waals surface area contributed by atoms with E-state index >= 15 is 0 Å².